The lowest BCUT2D eigenvalue weighted by Crippen LogP contribution is -1.99. The van der Waals surface area contributed by atoms with Gasteiger partial charge in [-0.25, -0.2) is 9.97 Å². The van der Waals surface area contributed by atoms with Gasteiger partial charge in [0.1, 0.15) is 11.5 Å². The second-order valence-electron chi connectivity index (χ2n) is 2.61. The summed E-state index contributed by atoms with van der Waals surface area (Å²) in [5, 5.41) is 0. The van der Waals surface area contributed by atoms with Crippen molar-refractivity contribution >= 4 is 13.6 Å². The van der Waals surface area contributed by atoms with Gasteiger partial charge < -0.3 is 4.42 Å². The van der Waals surface area contributed by atoms with Crippen LogP contribution in [0.15, 0.2) is 23.0 Å². The van der Waals surface area contributed by atoms with Crippen LogP contribution in [0.3, 0.4) is 0 Å². The third-order valence-corrected chi connectivity index (χ3v) is 1.56. The number of hydrogen-bond acceptors (Lipinski definition) is 4. The molecule has 2 aromatic rings. The molecule has 0 aliphatic carbocycles. The highest BCUT2D eigenvalue weighted by Gasteiger charge is 2.03. The van der Waals surface area contributed by atoms with Crippen molar-refractivity contribution in [3.63, 3.8) is 0 Å². The summed E-state index contributed by atoms with van der Waals surface area (Å²) in [6.07, 6.45) is 4.80. The number of nitrogens with zero attached hydrogens (tertiary/aromatic N) is 3. The number of hydrogen-bond donors (Lipinski definition) is 0. The number of oxazole rings is 1. The van der Waals surface area contributed by atoms with Crippen LogP contribution in [0.25, 0.3) is 11.5 Å². The standard InChI is InChI=1S/C8H6BN3O/c1-5-2-11-6(3-10-5)7-4-12-8(9)13-7/h2-4H,1H3. The molecule has 2 radical (unpaired) electrons. The Balaban J connectivity index is 2.41. The molecule has 13 heavy (non-hydrogen) atoms. The van der Waals surface area contributed by atoms with Crippen LogP contribution in [-0.2, 0) is 0 Å². The molecule has 4 nitrogen and oxygen atoms in total. The van der Waals surface area contributed by atoms with E-state index in [1.54, 1.807) is 12.4 Å². The first kappa shape index (κ1) is 7.98. The van der Waals surface area contributed by atoms with E-state index in [-0.39, 0.29) is 5.79 Å². The van der Waals surface area contributed by atoms with Crippen molar-refractivity contribution in [1.82, 2.24) is 15.0 Å². The number of aryl methyl sites for hydroxylation is 1. The van der Waals surface area contributed by atoms with Crippen molar-refractivity contribution in [3.05, 3.63) is 24.3 Å². The Kier molecular flexibility index (Phi) is 1.85. The van der Waals surface area contributed by atoms with Crippen molar-refractivity contribution in [2.45, 2.75) is 6.92 Å². The van der Waals surface area contributed by atoms with Gasteiger partial charge in [0.05, 0.1) is 18.1 Å². The van der Waals surface area contributed by atoms with Crippen LogP contribution in [0.5, 0.6) is 0 Å². The van der Waals surface area contributed by atoms with Crippen molar-refractivity contribution in [2.75, 3.05) is 0 Å². The Bertz CT molecular complexity index is 410. The Morgan fingerprint density at radius 3 is 2.54 bits per heavy atom. The lowest BCUT2D eigenvalue weighted by molar-refractivity contribution is 0.608. The highest BCUT2D eigenvalue weighted by atomic mass is 16.3. The van der Waals surface area contributed by atoms with Crippen molar-refractivity contribution < 1.29 is 4.42 Å². The van der Waals surface area contributed by atoms with E-state index in [1.165, 1.54) is 6.20 Å². The molecule has 0 fully saturated rings. The summed E-state index contributed by atoms with van der Waals surface area (Å²) in [6.45, 7) is 1.87. The van der Waals surface area contributed by atoms with Crippen LogP contribution in [0, 0.1) is 6.92 Å². The molecule has 2 aromatic heterocycles. The van der Waals surface area contributed by atoms with Gasteiger partial charge in [0.15, 0.2) is 13.6 Å². The fourth-order valence-electron chi connectivity index (χ4n) is 0.926. The van der Waals surface area contributed by atoms with Gasteiger partial charge in [-0.2, -0.15) is 0 Å². The molecule has 0 aromatic carbocycles. The molecule has 0 aliphatic heterocycles. The summed E-state index contributed by atoms with van der Waals surface area (Å²) in [4.78, 5) is 11.9. The fraction of sp³-hybridized carbons (Fsp3) is 0.125. The molecular weight excluding hydrogens is 165 g/mol. The molecule has 5 heteroatoms. The molecule has 0 aliphatic rings. The van der Waals surface area contributed by atoms with Gasteiger partial charge in [0.25, 0.3) is 0 Å². The average Bonchev–Trinajstić information content (AvgIpc) is 2.53. The maximum absolute atomic E-state index is 5.32. The van der Waals surface area contributed by atoms with Crippen molar-refractivity contribution in [2.24, 2.45) is 0 Å². The van der Waals surface area contributed by atoms with Crippen LogP contribution in [0.2, 0.25) is 0 Å². The highest BCUT2D eigenvalue weighted by molar-refractivity contribution is 6.28. The summed E-state index contributed by atoms with van der Waals surface area (Å²) in [5.41, 5.74) is 1.49. The van der Waals surface area contributed by atoms with Gasteiger partial charge in [0, 0.05) is 6.20 Å². The number of rotatable bonds is 1. The molecule has 0 amide bonds. The lowest BCUT2D eigenvalue weighted by Gasteiger charge is -1.94. The summed E-state index contributed by atoms with van der Waals surface area (Å²) in [6, 6.07) is 0. The molecule has 0 bridgehead atoms. The van der Waals surface area contributed by atoms with Crippen LogP contribution in [0.1, 0.15) is 5.69 Å². The Morgan fingerprint density at radius 2 is 2.00 bits per heavy atom. The van der Waals surface area contributed by atoms with Crippen molar-refractivity contribution in [1.29, 1.82) is 0 Å². The summed E-state index contributed by atoms with van der Waals surface area (Å²) < 4.78 is 5.07. The number of aromatic nitrogens is 3. The minimum atomic E-state index is 0.136. The second kappa shape index (κ2) is 3.01. The third kappa shape index (κ3) is 1.59. The maximum Gasteiger partial charge on any atom is 0.197 e. The molecule has 0 saturated heterocycles. The predicted octanol–water partition coefficient (Wildman–Crippen LogP) is 0.234. The molecular formula is C8H6BN3O. The molecule has 0 saturated carbocycles. The van der Waals surface area contributed by atoms with Gasteiger partial charge in [-0.15, -0.1) is 0 Å². The maximum atomic E-state index is 5.32. The smallest absolute Gasteiger partial charge is 0.197 e. The first-order chi connectivity index (χ1) is 6.25. The molecule has 0 N–H and O–H groups in total. The van der Waals surface area contributed by atoms with Crippen molar-refractivity contribution in [3.8, 4) is 11.5 Å². The molecule has 0 atom stereocenters. The normalized spacial score (nSPS) is 10.2. The highest BCUT2D eigenvalue weighted by Crippen LogP contribution is 2.12. The monoisotopic (exact) mass is 171 g/mol. The zero-order chi connectivity index (χ0) is 9.26. The van der Waals surface area contributed by atoms with E-state index in [2.05, 4.69) is 15.0 Å². The van der Waals surface area contributed by atoms with Crippen LogP contribution in [0.4, 0.5) is 0 Å². The summed E-state index contributed by atoms with van der Waals surface area (Å²) in [7, 11) is 5.32. The summed E-state index contributed by atoms with van der Waals surface area (Å²) in [5.74, 6) is 0.669. The van der Waals surface area contributed by atoms with Gasteiger partial charge in [-0.3, -0.25) is 4.98 Å². The summed E-state index contributed by atoms with van der Waals surface area (Å²) >= 11 is 0. The largest absolute Gasteiger partial charge is 0.451 e. The van der Waals surface area contributed by atoms with Crippen LogP contribution < -0.4 is 5.79 Å². The van der Waals surface area contributed by atoms with Gasteiger partial charge in [-0.1, -0.05) is 0 Å². The quantitative estimate of drug-likeness (QED) is 0.576. The van der Waals surface area contributed by atoms with E-state index in [4.69, 9.17) is 12.3 Å². The molecule has 0 unspecified atom stereocenters. The lowest BCUT2D eigenvalue weighted by atomic mass is 10.2. The van der Waals surface area contributed by atoms with E-state index >= 15 is 0 Å². The zero-order valence-corrected chi connectivity index (χ0v) is 7.06. The average molecular weight is 171 g/mol. The first-order valence-electron chi connectivity index (χ1n) is 3.76. The molecule has 2 heterocycles. The molecule has 0 spiro atoms. The van der Waals surface area contributed by atoms with Crippen LogP contribution >= 0.6 is 0 Å². The van der Waals surface area contributed by atoms with Gasteiger partial charge in [-0.05, 0) is 6.92 Å². The van der Waals surface area contributed by atoms with E-state index in [1.807, 2.05) is 6.92 Å². The molecule has 2 rings (SSSR count). The van der Waals surface area contributed by atoms with Gasteiger partial charge >= 0.3 is 0 Å². The van der Waals surface area contributed by atoms with E-state index in [0.717, 1.165) is 5.69 Å². The first-order valence-corrected chi connectivity index (χ1v) is 3.76. The zero-order valence-electron chi connectivity index (χ0n) is 7.06. The Hall–Kier alpha value is -1.65. The molecule has 62 valence electrons. The predicted molar refractivity (Wildman–Crippen MR) is 47.7 cm³/mol. The minimum Gasteiger partial charge on any atom is -0.451 e. The second-order valence-corrected chi connectivity index (χ2v) is 2.61. The van der Waals surface area contributed by atoms with Crippen LogP contribution in [-0.4, -0.2) is 22.8 Å². The Labute approximate surface area is 76.5 Å². The van der Waals surface area contributed by atoms with Gasteiger partial charge in [0.2, 0.25) is 0 Å². The van der Waals surface area contributed by atoms with E-state index < -0.39 is 0 Å². The third-order valence-electron chi connectivity index (χ3n) is 1.56. The fourth-order valence-corrected chi connectivity index (χ4v) is 0.926. The Morgan fingerprint density at radius 1 is 1.15 bits per heavy atom. The van der Waals surface area contributed by atoms with E-state index in [0.29, 0.717) is 11.5 Å². The minimum absolute atomic E-state index is 0.136. The SMILES string of the molecule is [B]c1ncc(-c2cnc(C)cn2)o1. The topological polar surface area (TPSA) is 51.8 Å². The van der Waals surface area contributed by atoms with E-state index in [9.17, 15) is 0 Å².